The molecule has 5 rings (SSSR count). The van der Waals surface area contributed by atoms with Gasteiger partial charge < -0.3 is 30.3 Å². The highest BCUT2D eigenvalue weighted by Gasteiger charge is 2.11. The molecule has 8 nitrogen and oxygen atoms in total. The monoisotopic (exact) mass is 513 g/mol. The van der Waals surface area contributed by atoms with Crippen molar-refractivity contribution in [2.75, 3.05) is 31.3 Å². The standard InChI is InChI=1S/C29H28FN5O3/c1-36-12-11-32-16-23-7-10-27(38-23)20-5-8-26-24(14-20)29(34-18-33-26)35-22-6-9-28(25(31)15-22)37-17-19-3-2-4-21(30)13-19/h2-10,13-15,18,32H,11-12,16-17,31H2,1H3,(H,33,34,35). The third-order valence-electron chi connectivity index (χ3n) is 5.92. The van der Waals surface area contributed by atoms with Crippen molar-refractivity contribution in [1.82, 2.24) is 15.3 Å². The van der Waals surface area contributed by atoms with Gasteiger partial charge in [-0.2, -0.15) is 0 Å². The number of fused-ring (bicyclic) bond motifs is 1. The van der Waals surface area contributed by atoms with Gasteiger partial charge in [0.05, 0.1) is 24.4 Å². The Morgan fingerprint density at radius 3 is 2.76 bits per heavy atom. The first kappa shape index (κ1) is 25.2. The molecule has 0 spiro atoms. The molecular weight excluding hydrogens is 485 g/mol. The molecule has 0 radical (unpaired) electrons. The molecule has 9 heteroatoms. The largest absolute Gasteiger partial charge is 0.487 e. The topological polar surface area (TPSA) is 107 Å². The van der Waals surface area contributed by atoms with Gasteiger partial charge in [-0.25, -0.2) is 14.4 Å². The highest BCUT2D eigenvalue weighted by molar-refractivity contribution is 5.93. The summed E-state index contributed by atoms with van der Waals surface area (Å²) >= 11 is 0. The summed E-state index contributed by atoms with van der Waals surface area (Å²) in [4.78, 5) is 8.85. The molecule has 0 aliphatic heterocycles. The number of hydrogen-bond acceptors (Lipinski definition) is 8. The third kappa shape index (κ3) is 6.08. The van der Waals surface area contributed by atoms with Crippen molar-refractivity contribution in [3.05, 3.63) is 96.3 Å². The Bertz CT molecular complexity index is 1540. The predicted molar refractivity (Wildman–Crippen MR) is 146 cm³/mol. The third-order valence-corrected chi connectivity index (χ3v) is 5.92. The predicted octanol–water partition coefficient (Wildman–Crippen LogP) is 5.67. The molecule has 0 aliphatic carbocycles. The summed E-state index contributed by atoms with van der Waals surface area (Å²) < 4.78 is 30.3. The summed E-state index contributed by atoms with van der Waals surface area (Å²) in [6.07, 6.45) is 1.51. The Morgan fingerprint density at radius 1 is 1.00 bits per heavy atom. The number of hydrogen-bond donors (Lipinski definition) is 3. The van der Waals surface area contributed by atoms with E-state index in [2.05, 4.69) is 20.6 Å². The van der Waals surface area contributed by atoms with Gasteiger partial charge in [-0.1, -0.05) is 12.1 Å². The molecule has 0 atom stereocenters. The first-order chi connectivity index (χ1) is 18.6. The van der Waals surface area contributed by atoms with E-state index in [-0.39, 0.29) is 12.4 Å². The van der Waals surface area contributed by atoms with Gasteiger partial charge >= 0.3 is 0 Å². The van der Waals surface area contributed by atoms with Crippen LogP contribution in [0.4, 0.5) is 21.6 Å². The van der Waals surface area contributed by atoms with Crippen molar-refractivity contribution in [2.24, 2.45) is 0 Å². The second-order valence-electron chi connectivity index (χ2n) is 8.69. The number of rotatable bonds is 11. The van der Waals surface area contributed by atoms with Crippen LogP contribution in [-0.4, -0.2) is 30.2 Å². The molecule has 0 saturated heterocycles. The van der Waals surface area contributed by atoms with Crippen LogP contribution in [0.2, 0.25) is 0 Å². The Kier molecular flexibility index (Phi) is 7.77. The van der Waals surface area contributed by atoms with Gasteiger partial charge in [0.25, 0.3) is 0 Å². The summed E-state index contributed by atoms with van der Waals surface area (Å²) in [6.45, 7) is 2.23. The van der Waals surface area contributed by atoms with E-state index >= 15 is 0 Å². The van der Waals surface area contributed by atoms with E-state index in [0.717, 1.165) is 45.8 Å². The lowest BCUT2D eigenvalue weighted by molar-refractivity contribution is 0.198. The molecule has 0 unspecified atom stereocenters. The number of halogens is 1. The summed E-state index contributed by atoms with van der Waals surface area (Å²) in [6, 6.07) is 21.5. The van der Waals surface area contributed by atoms with E-state index in [1.54, 1.807) is 31.4 Å². The number of furan rings is 1. The van der Waals surface area contributed by atoms with Gasteiger partial charge in [-0.3, -0.25) is 0 Å². The number of nitrogens with two attached hydrogens (primary N) is 1. The first-order valence-electron chi connectivity index (χ1n) is 12.2. The highest BCUT2D eigenvalue weighted by atomic mass is 19.1. The molecule has 0 amide bonds. The Morgan fingerprint density at radius 2 is 1.92 bits per heavy atom. The number of ether oxygens (including phenoxy) is 2. The lowest BCUT2D eigenvalue weighted by Gasteiger charge is -2.13. The maximum Gasteiger partial charge on any atom is 0.142 e. The van der Waals surface area contributed by atoms with Gasteiger partial charge in [-0.05, 0) is 66.2 Å². The normalized spacial score (nSPS) is 11.1. The van der Waals surface area contributed by atoms with Crippen molar-refractivity contribution >= 4 is 28.1 Å². The van der Waals surface area contributed by atoms with Crippen molar-refractivity contribution in [1.29, 1.82) is 0 Å². The van der Waals surface area contributed by atoms with Gasteiger partial charge in [0.15, 0.2) is 0 Å². The van der Waals surface area contributed by atoms with Crippen LogP contribution in [0, 0.1) is 5.82 Å². The van der Waals surface area contributed by atoms with E-state index < -0.39 is 0 Å². The van der Waals surface area contributed by atoms with Crippen molar-refractivity contribution in [3.8, 4) is 17.1 Å². The van der Waals surface area contributed by atoms with Crippen molar-refractivity contribution < 1.29 is 18.3 Å². The quantitative estimate of drug-likeness (QED) is 0.153. The van der Waals surface area contributed by atoms with Crippen LogP contribution in [-0.2, 0) is 17.9 Å². The summed E-state index contributed by atoms with van der Waals surface area (Å²) in [7, 11) is 1.68. The molecule has 5 aromatic rings. The zero-order chi connectivity index (χ0) is 26.3. The van der Waals surface area contributed by atoms with Crippen molar-refractivity contribution in [2.45, 2.75) is 13.2 Å². The fourth-order valence-electron chi connectivity index (χ4n) is 4.01. The molecule has 38 heavy (non-hydrogen) atoms. The average Bonchev–Trinajstić information content (AvgIpc) is 3.40. The molecule has 0 fully saturated rings. The number of nitrogens with one attached hydrogen (secondary N) is 2. The Hall–Kier alpha value is -4.47. The zero-order valence-corrected chi connectivity index (χ0v) is 20.9. The SMILES string of the molecule is COCCNCc1ccc(-c2ccc3ncnc(Nc4ccc(OCc5cccc(F)c5)c(N)c4)c3c2)o1. The number of methoxy groups -OCH3 is 1. The minimum atomic E-state index is -0.304. The number of nitrogens with zero attached hydrogens (tertiary/aromatic N) is 2. The molecule has 0 aliphatic rings. The summed E-state index contributed by atoms with van der Waals surface area (Å²) in [5.74, 6) is 2.45. The van der Waals surface area contributed by atoms with Crippen LogP contribution in [0.3, 0.4) is 0 Å². The fourth-order valence-corrected chi connectivity index (χ4v) is 4.01. The molecule has 0 bridgehead atoms. The maximum absolute atomic E-state index is 13.4. The van der Waals surface area contributed by atoms with Crippen LogP contribution >= 0.6 is 0 Å². The highest BCUT2D eigenvalue weighted by Crippen LogP contribution is 2.32. The smallest absolute Gasteiger partial charge is 0.142 e. The average molecular weight is 514 g/mol. The van der Waals surface area contributed by atoms with E-state index in [1.165, 1.54) is 18.5 Å². The Labute approximate surface area is 219 Å². The number of anilines is 3. The molecule has 0 saturated carbocycles. The van der Waals surface area contributed by atoms with Crippen LogP contribution in [0.25, 0.3) is 22.2 Å². The molecule has 3 aromatic carbocycles. The molecule has 2 heterocycles. The second kappa shape index (κ2) is 11.7. The van der Waals surface area contributed by atoms with Gasteiger partial charge in [0.1, 0.15) is 41.8 Å². The molecule has 194 valence electrons. The van der Waals surface area contributed by atoms with Crippen LogP contribution in [0.15, 0.2) is 83.5 Å². The minimum Gasteiger partial charge on any atom is -0.487 e. The lowest BCUT2D eigenvalue weighted by Crippen LogP contribution is -2.18. The van der Waals surface area contributed by atoms with Crippen LogP contribution < -0.4 is 21.1 Å². The van der Waals surface area contributed by atoms with Crippen molar-refractivity contribution in [3.63, 3.8) is 0 Å². The van der Waals surface area contributed by atoms with E-state index in [0.29, 0.717) is 30.4 Å². The summed E-state index contributed by atoms with van der Waals surface area (Å²) in [5.41, 5.74) is 9.87. The molecule has 2 aromatic heterocycles. The van der Waals surface area contributed by atoms with Gasteiger partial charge in [0.2, 0.25) is 0 Å². The molecular formula is C29H28FN5O3. The second-order valence-corrected chi connectivity index (χ2v) is 8.69. The number of aromatic nitrogens is 2. The summed E-state index contributed by atoms with van der Waals surface area (Å²) in [5, 5.41) is 7.45. The maximum atomic E-state index is 13.4. The lowest BCUT2D eigenvalue weighted by atomic mass is 10.1. The first-order valence-corrected chi connectivity index (χ1v) is 12.2. The van der Waals surface area contributed by atoms with Gasteiger partial charge in [-0.15, -0.1) is 0 Å². The van der Waals surface area contributed by atoms with Gasteiger partial charge in [0, 0.05) is 30.3 Å². The Balaban J connectivity index is 1.31. The number of benzene rings is 3. The van der Waals surface area contributed by atoms with E-state index in [1.807, 2.05) is 36.4 Å². The number of nitrogen functional groups attached to an aromatic ring is 1. The fraction of sp³-hybridized carbons (Fsp3) is 0.172. The van der Waals surface area contributed by atoms with Crippen LogP contribution in [0.1, 0.15) is 11.3 Å². The zero-order valence-electron chi connectivity index (χ0n) is 20.9. The van der Waals surface area contributed by atoms with Crippen LogP contribution in [0.5, 0.6) is 5.75 Å². The van der Waals surface area contributed by atoms with E-state index in [4.69, 9.17) is 19.6 Å². The molecule has 4 N–H and O–H groups in total. The van der Waals surface area contributed by atoms with E-state index in [9.17, 15) is 4.39 Å². The minimum absolute atomic E-state index is 0.214.